The van der Waals surface area contributed by atoms with Crippen molar-refractivity contribution in [3.05, 3.63) is 41.2 Å². The van der Waals surface area contributed by atoms with E-state index in [-0.39, 0.29) is 5.91 Å². The van der Waals surface area contributed by atoms with Crippen LogP contribution in [0.1, 0.15) is 10.4 Å². The van der Waals surface area contributed by atoms with Crippen LogP contribution in [-0.2, 0) is 0 Å². The van der Waals surface area contributed by atoms with E-state index in [0.717, 1.165) is 10.2 Å². The highest BCUT2D eigenvalue weighted by Crippen LogP contribution is 2.28. The largest absolute Gasteiger partial charge is 0.298 e. The molecule has 0 bridgehead atoms. The third kappa shape index (κ3) is 2.07. The van der Waals surface area contributed by atoms with Crippen LogP contribution in [0.15, 0.2) is 30.6 Å². The molecule has 3 aromatic rings. The van der Waals surface area contributed by atoms with Crippen LogP contribution >= 0.6 is 22.9 Å². The third-order valence-electron chi connectivity index (χ3n) is 2.33. The molecule has 2 heterocycles. The number of fused-ring (bicyclic) bond motifs is 1. The molecule has 0 saturated carbocycles. The summed E-state index contributed by atoms with van der Waals surface area (Å²) in [4.78, 5) is 16.1. The van der Waals surface area contributed by atoms with Gasteiger partial charge in [0.05, 0.1) is 22.0 Å². The number of nitrogens with zero attached hydrogens (tertiary/aromatic N) is 2. The Labute approximate surface area is 111 Å². The van der Waals surface area contributed by atoms with Crippen molar-refractivity contribution in [1.29, 1.82) is 0 Å². The first-order valence-electron chi connectivity index (χ1n) is 5.08. The number of amides is 1. The number of carbonyl (C=O) groups is 1. The van der Waals surface area contributed by atoms with Gasteiger partial charge in [0.15, 0.2) is 5.13 Å². The first-order chi connectivity index (χ1) is 8.72. The lowest BCUT2D eigenvalue weighted by molar-refractivity contribution is 0.102. The number of aromatic nitrogens is 3. The number of H-pyrrole nitrogens is 1. The molecule has 0 radical (unpaired) electrons. The lowest BCUT2D eigenvalue weighted by Crippen LogP contribution is -2.10. The Bertz CT molecular complexity index is 707. The van der Waals surface area contributed by atoms with Crippen molar-refractivity contribution in [2.45, 2.75) is 0 Å². The molecular weight excluding hydrogens is 272 g/mol. The van der Waals surface area contributed by atoms with E-state index >= 15 is 0 Å². The van der Waals surface area contributed by atoms with Gasteiger partial charge < -0.3 is 0 Å². The second kappa shape index (κ2) is 4.40. The minimum Gasteiger partial charge on any atom is -0.298 e. The van der Waals surface area contributed by atoms with Crippen molar-refractivity contribution in [2.24, 2.45) is 0 Å². The fourth-order valence-corrected chi connectivity index (χ4v) is 2.63. The van der Waals surface area contributed by atoms with Crippen molar-refractivity contribution >= 4 is 44.2 Å². The standard InChI is InChI=1S/C11H7ClN4OS/c12-7-1-2-8-9(3-7)18-11(15-8)16-10(17)6-4-13-14-5-6/h1-5H,(H,13,14)(H,15,16,17). The van der Waals surface area contributed by atoms with Gasteiger partial charge in [0.2, 0.25) is 0 Å². The molecule has 0 spiro atoms. The lowest BCUT2D eigenvalue weighted by Gasteiger charge is -1.96. The Morgan fingerprint density at radius 2 is 2.33 bits per heavy atom. The third-order valence-corrected chi connectivity index (χ3v) is 3.50. The van der Waals surface area contributed by atoms with Crippen molar-refractivity contribution in [3.63, 3.8) is 0 Å². The molecule has 1 aromatic carbocycles. The van der Waals surface area contributed by atoms with Gasteiger partial charge >= 0.3 is 0 Å². The molecule has 0 aliphatic rings. The molecule has 5 nitrogen and oxygen atoms in total. The predicted octanol–water partition coefficient (Wildman–Crippen LogP) is 2.93. The summed E-state index contributed by atoms with van der Waals surface area (Å²) in [6.45, 7) is 0. The van der Waals surface area contributed by atoms with Crippen molar-refractivity contribution in [3.8, 4) is 0 Å². The number of aromatic amines is 1. The SMILES string of the molecule is O=C(Nc1nc2ccc(Cl)cc2s1)c1cn[nH]c1. The smallest absolute Gasteiger partial charge is 0.260 e. The van der Waals surface area contributed by atoms with E-state index in [2.05, 4.69) is 20.5 Å². The Hall–Kier alpha value is -1.92. The van der Waals surface area contributed by atoms with Crippen LogP contribution < -0.4 is 5.32 Å². The average molecular weight is 279 g/mol. The van der Waals surface area contributed by atoms with Crippen LogP contribution in [0.3, 0.4) is 0 Å². The Morgan fingerprint density at radius 1 is 1.44 bits per heavy atom. The van der Waals surface area contributed by atoms with Crippen LogP contribution in [0.2, 0.25) is 5.02 Å². The molecule has 0 atom stereocenters. The van der Waals surface area contributed by atoms with Crippen molar-refractivity contribution in [1.82, 2.24) is 15.2 Å². The number of rotatable bonds is 2. The van der Waals surface area contributed by atoms with Crippen LogP contribution in [0.5, 0.6) is 0 Å². The fraction of sp³-hybridized carbons (Fsp3) is 0. The fourth-order valence-electron chi connectivity index (χ4n) is 1.50. The maximum absolute atomic E-state index is 11.8. The maximum atomic E-state index is 11.8. The molecular formula is C11H7ClN4OS. The zero-order chi connectivity index (χ0) is 12.5. The molecule has 0 fully saturated rings. The van der Waals surface area contributed by atoms with Crippen molar-refractivity contribution < 1.29 is 4.79 Å². The van der Waals surface area contributed by atoms with Gasteiger partial charge in [-0.1, -0.05) is 22.9 Å². The summed E-state index contributed by atoms with van der Waals surface area (Å²) in [6.07, 6.45) is 2.99. The first kappa shape index (κ1) is 11.2. The Balaban J connectivity index is 1.89. The van der Waals surface area contributed by atoms with Gasteiger partial charge in [-0.25, -0.2) is 4.98 Å². The lowest BCUT2D eigenvalue weighted by atomic mass is 10.3. The number of anilines is 1. The van der Waals surface area contributed by atoms with Gasteiger partial charge in [-0.3, -0.25) is 15.2 Å². The summed E-state index contributed by atoms with van der Waals surface area (Å²) >= 11 is 7.27. The van der Waals surface area contributed by atoms with Gasteiger partial charge in [-0.15, -0.1) is 0 Å². The second-order valence-electron chi connectivity index (χ2n) is 3.57. The van der Waals surface area contributed by atoms with E-state index in [1.165, 1.54) is 23.7 Å². The monoisotopic (exact) mass is 278 g/mol. The number of nitrogens with one attached hydrogen (secondary N) is 2. The molecule has 3 rings (SSSR count). The molecule has 2 N–H and O–H groups in total. The quantitative estimate of drug-likeness (QED) is 0.757. The minimum atomic E-state index is -0.242. The molecule has 1 amide bonds. The zero-order valence-corrected chi connectivity index (χ0v) is 10.5. The number of thiazole rings is 1. The average Bonchev–Trinajstić information content (AvgIpc) is 2.95. The molecule has 0 unspecified atom stereocenters. The number of carbonyl (C=O) groups excluding carboxylic acids is 1. The summed E-state index contributed by atoms with van der Waals surface area (Å²) in [5.41, 5.74) is 1.28. The van der Waals surface area contributed by atoms with Gasteiger partial charge in [0.25, 0.3) is 5.91 Å². The second-order valence-corrected chi connectivity index (χ2v) is 5.04. The van der Waals surface area contributed by atoms with E-state index in [0.29, 0.717) is 15.7 Å². The highest BCUT2D eigenvalue weighted by Gasteiger charge is 2.10. The van der Waals surface area contributed by atoms with Gasteiger partial charge in [-0.2, -0.15) is 5.10 Å². The summed E-state index contributed by atoms with van der Waals surface area (Å²) in [5, 5.41) is 10.2. The summed E-state index contributed by atoms with van der Waals surface area (Å²) in [5.74, 6) is -0.242. The number of benzene rings is 1. The van der Waals surface area contributed by atoms with E-state index in [1.807, 2.05) is 12.1 Å². The van der Waals surface area contributed by atoms with E-state index < -0.39 is 0 Å². The van der Waals surface area contributed by atoms with Crippen LogP contribution in [-0.4, -0.2) is 21.1 Å². The van der Waals surface area contributed by atoms with Gasteiger partial charge in [0.1, 0.15) is 0 Å². The summed E-state index contributed by atoms with van der Waals surface area (Å²) in [6, 6.07) is 5.41. The highest BCUT2D eigenvalue weighted by atomic mass is 35.5. The minimum absolute atomic E-state index is 0.242. The predicted molar refractivity (Wildman–Crippen MR) is 71.2 cm³/mol. The van der Waals surface area contributed by atoms with E-state index in [9.17, 15) is 4.79 Å². The van der Waals surface area contributed by atoms with Crippen LogP contribution in [0.4, 0.5) is 5.13 Å². The highest BCUT2D eigenvalue weighted by molar-refractivity contribution is 7.22. The number of halogens is 1. The van der Waals surface area contributed by atoms with Gasteiger partial charge in [-0.05, 0) is 18.2 Å². The van der Waals surface area contributed by atoms with Crippen LogP contribution in [0.25, 0.3) is 10.2 Å². The molecule has 7 heteroatoms. The molecule has 0 aliphatic carbocycles. The Kier molecular flexibility index (Phi) is 2.73. The molecule has 0 aliphatic heterocycles. The number of hydrogen-bond acceptors (Lipinski definition) is 4. The van der Waals surface area contributed by atoms with Crippen molar-refractivity contribution in [2.75, 3.05) is 5.32 Å². The molecule has 18 heavy (non-hydrogen) atoms. The topological polar surface area (TPSA) is 70.7 Å². The summed E-state index contributed by atoms with van der Waals surface area (Å²) < 4.78 is 0.935. The molecule has 0 saturated heterocycles. The van der Waals surface area contributed by atoms with E-state index in [4.69, 9.17) is 11.6 Å². The maximum Gasteiger partial charge on any atom is 0.260 e. The molecule has 2 aromatic heterocycles. The number of hydrogen-bond donors (Lipinski definition) is 2. The van der Waals surface area contributed by atoms with E-state index in [1.54, 1.807) is 6.07 Å². The van der Waals surface area contributed by atoms with Gasteiger partial charge in [0, 0.05) is 11.2 Å². The normalized spacial score (nSPS) is 10.7. The molecule has 90 valence electrons. The Morgan fingerprint density at radius 3 is 3.11 bits per heavy atom. The summed E-state index contributed by atoms with van der Waals surface area (Å²) in [7, 11) is 0. The zero-order valence-electron chi connectivity index (χ0n) is 8.98. The first-order valence-corrected chi connectivity index (χ1v) is 6.28. The van der Waals surface area contributed by atoms with Crippen LogP contribution in [0, 0.1) is 0 Å².